The SMILES string of the molecule is CC(C)(C)OP(=O)(OCCCl)OC(C)(C)C. The predicted octanol–water partition coefficient (Wildman–Crippen LogP) is 3.98. The van der Waals surface area contributed by atoms with E-state index in [1.54, 1.807) is 41.5 Å². The normalized spacial score (nSPS) is 14.2. The standard InChI is InChI=1S/C10H22ClO4P/c1-9(2,3)14-16(12,13-8-7-11)15-10(4,5)6/h7-8H2,1-6H3. The van der Waals surface area contributed by atoms with Gasteiger partial charge in [0, 0.05) is 5.88 Å². The number of phosphoric acid groups is 1. The minimum absolute atomic E-state index is 0.130. The van der Waals surface area contributed by atoms with Crippen molar-refractivity contribution < 1.29 is 18.1 Å². The quantitative estimate of drug-likeness (QED) is 0.561. The molecule has 0 aromatic carbocycles. The molecule has 0 aliphatic heterocycles. The Labute approximate surface area is 103 Å². The van der Waals surface area contributed by atoms with Crippen LogP contribution in [0.15, 0.2) is 0 Å². The van der Waals surface area contributed by atoms with Gasteiger partial charge >= 0.3 is 7.82 Å². The summed E-state index contributed by atoms with van der Waals surface area (Å²) in [6, 6.07) is 0. The third-order valence-electron chi connectivity index (χ3n) is 1.10. The molecular weight excluding hydrogens is 251 g/mol. The fraction of sp³-hybridized carbons (Fsp3) is 1.00. The van der Waals surface area contributed by atoms with Gasteiger partial charge in [0.1, 0.15) is 0 Å². The Bertz CT molecular complexity index is 235. The number of hydrogen-bond donors (Lipinski definition) is 0. The Kier molecular flexibility index (Phi) is 5.98. The molecular formula is C10H22ClO4P. The number of halogens is 1. The van der Waals surface area contributed by atoms with Crippen molar-refractivity contribution in [3.8, 4) is 0 Å². The van der Waals surface area contributed by atoms with Gasteiger partial charge in [-0.15, -0.1) is 11.6 Å². The van der Waals surface area contributed by atoms with Crippen LogP contribution in [0.2, 0.25) is 0 Å². The molecule has 0 bridgehead atoms. The minimum Gasteiger partial charge on any atom is -0.286 e. The first kappa shape index (κ1) is 16.4. The van der Waals surface area contributed by atoms with Crippen molar-refractivity contribution in [2.24, 2.45) is 0 Å². The fourth-order valence-corrected chi connectivity index (χ4v) is 2.87. The molecule has 0 atom stereocenters. The molecule has 0 aromatic rings. The molecule has 0 aliphatic rings. The van der Waals surface area contributed by atoms with Gasteiger partial charge in [-0.3, -0.25) is 13.6 Å². The Morgan fingerprint density at radius 2 is 1.38 bits per heavy atom. The molecule has 0 rings (SSSR count). The summed E-state index contributed by atoms with van der Waals surface area (Å²) in [4.78, 5) is 0. The van der Waals surface area contributed by atoms with E-state index in [4.69, 9.17) is 25.2 Å². The van der Waals surface area contributed by atoms with Crippen LogP contribution in [0.3, 0.4) is 0 Å². The van der Waals surface area contributed by atoms with Gasteiger partial charge in [0.05, 0.1) is 17.8 Å². The average Bonchev–Trinajstić information content (AvgIpc) is 1.93. The molecule has 6 heteroatoms. The van der Waals surface area contributed by atoms with Crippen molar-refractivity contribution in [1.29, 1.82) is 0 Å². The van der Waals surface area contributed by atoms with E-state index in [0.717, 1.165) is 0 Å². The van der Waals surface area contributed by atoms with Gasteiger partial charge < -0.3 is 0 Å². The van der Waals surface area contributed by atoms with Crippen molar-refractivity contribution in [2.45, 2.75) is 52.7 Å². The van der Waals surface area contributed by atoms with Crippen LogP contribution in [0.4, 0.5) is 0 Å². The molecule has 0 amide bonds. The molecule has 0 aromatic heterocycles. The van der Waals surface area contributed by atoms with Crippen LogP contribution in [0.1, 0.15) is 41.5 Å². The Hall–Kier alpha value is 0.400. The molecule has 0 aliphatic carbocycles. The molecule has 0 N–H and O–H groups in total. The molecule has 0 spiro atoms. The second kappa shape index (κ2) is 5.83. The summed E-state index contributed by atoms with van der Waals surface area (Å²) in [5, 5.41) is 0. The predicted molar refractivity (Wildman–Crippen MR) is 66.0 cm³/mol. The zero-order chi connectivity index (χ0) is 13.0. The van der Waals surface area contributed by atoms with Crippen LogP contribution >= 0.6 is 19.4 Å². The molecule has 0 radical (unpaired) electrons. The van der Waals surface area contributed by atoms with E-state index < -0.39 is 19.0 Å². The van der Waals surface area contributed by atoms with E-state index in [-0.39, 0.29) is 12.5 Å². The summed E-state index contributed by atoms with van der Waals surface area (Å²) in [7, 11) is -3.56. The lowest BCUT2D eigenvalue weighted by Crippen LogP contribution is -2.24. The molecule has 0 unspecified atom stereocenters. The molecule has 0 fully saturated rings. The number of hydrogen-bond acceptors (Lipinski definition) is 4. The first-order valence-corrected chi connectivity index (χ1v) is 7.19. The van der Waals surface area contributed by atoms with Crippen LogP contribution in [-0.4, -0.2) is 23.7 Å². The molecule has 0 heterocycles. The molecule has 0 saturated heterocycles. The highest BCUT2D eigenvalue weighted by Gasteiger charge is 2.36. The number of rotatable bonds is 5. The van der Waals surface area contributed by atoms with Crippen LogP contribution in [-0.2, 0) is 18.1 Å². The van der Waals surface area contributed by atoms with Crippen molar-refractivity contribution in [2.75, 3.05) is 12.5 Å². The smallest absolute Gasteiger partial charge is 0.286 e. The highest BCUT2D eigenvalue weighted by Crippen LogP contribution is 2.55. The van der Waals surface area contributed by atoms with E-state index >= 15 is 0 Å². The van der Waals surface area contributed by atoms with Gasteiger partial charge in [-0.05, 0) is 41.5 Å². The maximum Gasteiger partial charge on any atom is 0.475 e. The van der Waals surface area contributed by atoms with Crippen molar-refractivity contribution in [3.63, 3.8) is 0 Å². The van der Waals surface area contributed by atoms with E-state index in [1.807, 2.05) is 0 Å². The van der Waals surface area contributed by atoms with Gasteiger partial charge in [0.15, 0.2) is 0 Å². The van der Waals surface area contributed by atoms with Gasteiger partial charge in [-0.25, -0.2) is 4.57 Å². The van der Waals surface area contributed by atoms with Crippen molar-refractivity contribution in [3.05, 3.63) is 0 Å². The Morgan fingerprint density at radius 1 is 1.00 bits per heavy atom. The lowest BCUT2D eigenvalue weighted by molar-refractivity contribution is 0.00520. The summed E-state index contributed by atoms with van der Waals surface area (Å²) in [5.74, 6) is 0.241. The highest BCUT2D eigenvalue weighted by atomic mass is 35.5. The maximum atomic E-state index is 12.3. The summed E-state index contributed by atoms with van der Waals surface area (Å²) >= 11 is 5.49. The van der Waals surface area contributed by atoms with E-state index in [0.29, 0.717) is 0 Å². The lowest BCUT2D eigenvalue weighted by atomic mass is 10.2. The first-order valence-electron chi connectivity index (χ1n) is 5.19. The fourth-order valence-electron chi connectivity index (χ4n) is 0.888. The highest BCUT2D eigenvalue weighted by molar-refractivity contribution is 7.48. The zero-order valence-electron chi connectivity index (χ0n) is 10.9. The van der Waals surface area contributed by atoms with Crippen LogP contribution in [0.5, 0.6) is 0 Å². The van der Waals surface area contributed by atoms with Crippen LogP contribution in [0, 0.1) is 0 Å². The summed E-state index contributed by atoms with van der Waals surface area (Å²) in [5.41, 5.74) is -1.21. The second-order valence-corrected chi connectivity index (χ2v) is 7.27. The third-order valence-corrected chi connectivity index (χ3v) is 3.29. The average molecular weight is 273 g/mol. The van der Waals surface area contributed by atoms with Crippen LogP contribution < -0.4 is 0 Å². The van der Waals surface area contributed by atoms with E-state index in [2.05, 4.69) is 0 Å². The Morgan fingerprint density at radius 3 is 1.62 bits per heavy atom. The monoisotopic (exact) mass is 272 g/mol. The number of phosphoric ester groups is 1. The minimum atomic E-state index is -3.56. The van der Waals surface area contributed by atoms with Crippen molar-refractivity contribution >= 4 is 19.4 Å². The molecule has 16 heavy (non-hydrogen) atoms. The third kappa shape index (κ3) is 8.54. The van der Waals surface area contributed by atoms with Crippen LogP contribution in [0.25, 0.3) is 0 Å². The summed E-state index contributed by atoms with van der Waals surface area (Å²) < 4.78 is 28.1. The maximum absolute atomic E-state index is 12.3. The summed E-state index contributed by atoms with van der Waals surface area (Å²) in [6.07, 6.45) is 0. The second-order valence-electron chi connectivity index (χ2n) is 5.38. The summed E-state index contributed by atoms with van der Waals surface area (Å²) in [6.45, 7) is 10.9. The molecule has 0 saturated carbocycles. The largest absolute Gasteiger partial charge is 0.475 e. The zero-order valence-corrected chi connectivity index (χ0v) is 12.5. The van der Waals surface area contributed by atoms with Gasteiger partial charge in [0.2, 0.25) is 0 Å². The lowest BCUT2D eigenvalue weighted by Gasteiger charge is -2.30. The van der Waals surface area contributed by atoms with Crippen molar-refractivity contribution in [1.82, 2.24) is 0 Å². The molecule has 98 valence electrons. The van der Waals surface area contributed by atoms with E-state index in [9.17, 15) is 4.57 Å². The first-order chi connectivity index (χ1) is 6.97. The molecule has 4 nitrogen and oxygen atoms in total. The van der Waals surface area contributed by atoms with Gasteiger partial charge in [-0.2, -0.15) is 0 Å². The number of alkyl halides is 1. The van der Waals surface area contributed by atoms with E-state index in [1.165, 1.54) is 0 Å². The topological polar surface area (TPSA) is 44.8 Å². The van der Waals surface area contributed by atoms with Gasteiger partial charge in [-0.1, -0.05) is 0 Å². The Balaban J connectivity index is 4.69. The van der Waals surface area contributed by atoms with Gasteiger partial charge in [0.25, 0.3) is 0 Å².